The Labute approximate surface area is 168 Å². The van der Waals surface area contributed by atoms with Crippen molar-refractivity contribution in [2.75, 3.05) is 32.2 Å². The first kappa shape index (κ1) is 20.0. The molecule has 0 aliphatic heterocycles. The van der Waals surface area contributed by atoms with E-state index in [2.05, 4.69) is 9.97 Å². The summed E-state index contributed by atoms with van der Waals surface area (Å²) in [5, 5.41) is 9.53. The molecule has 0 radical (unpaired) electrons. The van der Waals surface area contributed by atoms with Crippen LogP contribution in [-0.4, -0.2) is 42.4 Å². The first-order valence-corrected chi connectivity index (χ1v) is 9.15. The number of hydrogen-bond acceptors (Lipinski definition) is 5. The zero-order chi connectivity index (χ0) is 20.1. The Bertz CT molecular complexity index is 951. The molecule has 0 atom stereocenters. The average molecular weight is 402 g/mol. The van der Waals surface area contributed by atoms with Crippen LogP contribution in [0.25, 0.3) is 11.1 Å². The Hall–Kier alpha value is -2.70. The largest absolute Gasteiger partial charge is 0.496 e. The minimum atomic E-state index is -0.358. The van der Waals surface area contributed by atoms with E-state index in [0.717, 1.165) is 5.56 Å². The summed E-state index contributed by atoms with van der Waals surface area (Å²) in [6, 6.07) is 10.5. The minimum Gasteiger partial charge on any atom is -0.496 e. The maximum atomic E-state index is 15.3. The number of hydrogen-bond donors (Lipinski definition) is 1. The predicted molar refractivity (Wildman–Crippen MR) is 109 cm³/mol. The van der Waals surface area contributed by atoms with Gasteiger partial charge in [-0.1, -0.05) is 29.8 Å². The van der Waals surface area contributed by atoms with Crippen molar-refractivity contribution in [3.8, 4) is 16.9 Å². The van der Waals surface area contributed by atoms with Gasteiger partial charge in [0.15, 0.2) is 0 Å². The highest BCUT2D eigenvalue weighted by molar-refractivity contribution is 6.30. The summed E-state index contributed by atoms with van der Waals surface area (Å²) in [5.41, 5.74) is 2.32. The number of ether oxygens (including phenoxy) is 1. The van der Waals surface area contributed by atoms with E-state index in [1.807, 2.05) is 0 Å². The van der Waals surface area contributed by atoms with Crippen molar-refractivity contribution < 1.29 is 14.2 Å². The van der Waals surface area contributed by atoms with Gasteiger partial charge in [0, 0.05) is 37.4 Å². The first-order valence-electron chi connectivity index (χ1n) is 8.77. The third-order valence-electron chi connectivity index (χ3n) is 4.38. The number of likely N-dealkylation sites (N-methyl/N-ethyl adjacent to an activating group) is 1. The highest BCUT2D eigenvalue weighted by Gasteiger charge is 2.17. The Kier molecular flexibility index (Phi) is 6.44. The fourth-order valence-corrected chi connectivity index (χ4v) is 3.12. The minimum absolute atomic E-state index is 0.0188. The van der Waals surface area contributed by atoms with E-state index in [4.69, 9.17) is 21.4 Å². The van der Waals surface area contributed by atoms with E-state index in [-0.39, 0.29) is 12.4 Å². The normalized spacial score (nSPS) is 10.8. The van der Waals surface area contributed by atoms with Gasteiger partial charge in [-0.15, -0.1) is 0 Å². The lowest BCUT2D eigenvalue weighted by atomic mass is 9.98. The summed E-state index contributed by atoms with van der Waals surface area (Å²) >= 11 is 6.08. The number of benzene rings is 2. The Balaban J connectivity index is 1.92. The van der Waals surface area contributed by atoms with E-state index >= 15 is 4.39 Å². The van der Waals surface area contributed by atoms with Gasteiger partial charge in [0.1, 0.15) is 11.6 Å². The molecule has 0 saturated heterocycles. The van der Waals surface area contributed by atoms with Gasteiger partial charge in [-0.2, -0.15) is 0 Å². The van der Waals surface area contributed by atoms with E-state index < -0.39 is 0 Å². The maximum Gasteiger partial charge on any atom is 0.225 e. The van der Waals surface area contributed by atoms with Crippen LogP contribution in [0, 0.1) is 5.82 Å². The molecule has 1 heterocycles. The quantitative estimate of drug-likeness (QED) is 0.649. The van der Waals surface area contributed by atoms with Crippen LogP contribution in [0.2, 0.25) is 5.02 Å². The molecule has 0 amide bonds. The summed E-state index contributed by atoms with van der Waals surface area (Å²) in [7, 11) is 3.31. The lowest BCUT2D eigenvalue weighted by molar-refractivity contribution is 0.303. The summed E-state index contributed by atoms with van der Waals surface area (Å²) < 4.78 is 20.7. The number of methoxy groups -OCH3 is 1. The van der Waals surface area contributed by atoms with Crippen molar-refractivity contribution in [3.05, 3.63) is 70.8 Å². The van der Waals surface area contributed by atoms with E-state index in [1.165, 1.54) is 7.11 Å². The second-order valence-corrected chi connectivity index (χ2v) is 6.78. The molecule has 0 aliphatic rings. The fourth-order valence-electron chi connectivity index (χ4n) is 2.93. The van der Waals surface area contributed by atoms with Gasteiger partial charge < -0.3 is 14.7 Å². The molecular weight excluding hydrogens is 381 g/mol. The smallest absolute Gasteiger partial charge is 0.225 e. The molecule has 28 heavy (non-hydrogen) atoms. The molecule has 3 aromatic rings. The van der Waals surface area contributed by atoms with E-state index in [0.29, 0.717) is 46.4 Å². The highest BCUT2D eigenvalue weighted by atomic mass is 35.5. The SMILES string of the molecule is COc1ccc(Cc2cnc(N(C)CCO)nc2)c(F)c1-c1cccc(Cl)c1. The molecule has 146 valence electrons. The van der Waals surface area contributed by atoms with Gasteiger partial charge in [-0.3, -0.25) is 0 Å². The maximum absolute atomic E-state index is 15.3. The van der Waals surface area contributed by atoms with E-state index in [9.17, 15) is 0 Å². The topological polar surface area (TPSA) is 58.5 Å². The molecule has 0 bridgehead atoms. The molecule has 7 heteroatoms. The standard InChI is InChI=1S/C21H21ClFN3O2/c1-26(8-9-27)21-24-12-14(13-25-21)10-16-6-7-18(28-2)19(20(16)23)15-4-3-5-17(22)11-15/h3-7,11-13,27H,8-10H2,1-2H3. The van der Waals surface area contributed by atoms with Gasteiger partial charge >= 0.3 is 0 Å². The van der Waals surface area contributed by atoms with Crippen molar-refractivity contribution in [1.82, 2.24) is 9.97 Å². The number of nitrogens with zero attached hydrogens (tertiary/aromatic N) is 3. The predicted octanol–water partition coefficient (Wildman–Crippen LogP) is 3.96. The van der Waals surface area contributed by atoms with Gasteiger partial charge in [-0.05, 0) is 34.9 Å². The van der Waals surface area contributed by atoms with Crippen molar-refractivity contribution in [1.29, 1.82) is 0 Å². The monoisotopic (exact) mass is 401 g/mol. The van der Waals surface area contributed by atoms with Gasteiger partial charge in [0.2, 0.25) is 5.95 Å². The average Bonchev–Trinajstić information content (AvgIpc) is 2.70. The van der Waals surface area contributed by atoms with Crippen molar-refractivity contribution in [3.63, 3.8) is 0 Å². The number of aliphatic hydroxyl groups excluding tert-OH is 1. The van der Waals surface area contributed by atoms with Crippen LogP contribution < -0.4 is 9.64 Å². The number of rotatable bonds is 7. The van der Waals surface area contributed by atoms with Crippen molar-refractivity contribution in [2.24, 2.45) is 0 Å². The lowest BCUT2D eigenvalue weighted by Gasteiger charge is -2.16. The molecule has 1 N–H and O–H groups in total. The van der Waals surface area contributed by atoms with Gasteiger partial charge in [0.05, 0.1) is 19.3 Å². The Morgan fingerprint density at radius 3 is 2.57 bits per heavy atom. The van der Waals surface area contributed by atoms with E-state index in [1.54, 1.807) is 60.7 Å². The number of aliphatic hydroxyl groups is 1. The number of anilines is 1. The third kappa shape index (κ3) is 4.40. The summed E-state index contributed by atoms with van der Waals surface area (Å²) in [6.45, 7) is 0.459. The van der Waals surface area contributed by atoms with Crippen LogP contribution in [0.15, 0.2) is 48.8 Å². The lowest BCUT2D eigenvalue weighted by Crippen LogP contribution is -2.23. The molecule has 0 unspecified atom stereocenters. The van der Waals surface area contributed by atoms with Gasteiger partial charge in [-0.25, -0.2) is 14.4 Å². The van der Waals surface area contributed by atoms with Crippen LogP contribution >= 0.6 is 11.6 Å². The van der Waals surface area contributed by atoms with Crippen LogP contribution in [0.3, 0.4) is 0 Å². The fraction of sp³-hybridized carbons (Fsp3) is 0.238. The van der Waals surface area contributed by atoms with Crippen molar-refractivity contribution in [2.45, 2.75) is 6.42 Å². The van der Waals surface area contributed by atoms with Gasteiger partial charge in [0.25, 0.3) is 0 Å². The Morgan fingerprint density at radius 1 is 1.18 bits per heavy atom. The molecular formula is C21H21ClFN3O2. The molecule has 2 aromatic carbocycles. The molecule has 5 nitrogen and oxygen atoms in total. The zero-order valence-electron chi connectivity index (χ0n) is 15.7. The number of aromatic nitrogens is 2. The second-order valence-electron chi connectivity index (χ2n) is 6.34. The second kappa shape index (κ2) is 8.99. The molecule has 0 aliphatic carbocycles. The Morgan fingerprint density at radius 2 is 1.93 bits per heavy atom. The van der Waals surface area contributed by atoms with Crippen LogP contribution in [0.4, 0.5) is 10.3 Å². The number of halogens is 2. The molecule has 3 rings (SSSR count). The van der Waals surface area contributed by atoms with Crippen LogP contribution in [0.1, 0.15) is 11.1 Å². The third-order valence-corrected chi connectivity index (χ3v) is 4.62. The van der Waals surface area contributed by atoms with Crippen LogP contribution in [-0.2, 0) is 6.42 Å². The summed E-state index contributed by atoms with van der Waals surface area (Å²) in [4.78, 5) is 10.3. The van der Waals surface area contributed by atoms with Crippen molar-refractivity contribution >= 4 is 17.5 Å². The van der Waals surface area contributed by atoms with Crippen LogP contribution in [0.5, 0.6) is 5.75 Å². The molecule has 0 spiro atoms. The molecule has 0 fully saturated rings. The highest BCUT2D eigenvalue weighted by Crippen LogP contribution is 2.36. The summed E-state index contributed by atoms with van der Waals surface area (Å²) in [6.07, 6.45) is 3.67. The molecule has 0 saturated carbocycles. The zero-order valence-corrected chi connectivity index (χ0v) is 16.4. The first-order chi connectivity index (χ1) is 13.5. The molecule has 1 aromatic heterocycles. The summed E-state index contributed by atoms with van der Waals surface area (Å²) in [5.74, 6) is 0.594.